The van der Waals surface area contributed by atoms with Gasteiger partial charge in [-0.15, -0.1) is 0 Å². The molecule has 1 aromatic rings. The maximum absolute atomic E-state index is 12.6. The van der Waals surface area contributed by atoms with Crippen LogP contribution in [0.2, 0.25) is 0 Å². The van der Waals surface area contributed by atoms with Crippen LogP contribution in [0.3, 0.4) is 0 Å². The Bertz CT molecular complexity index is 460. The number of amides is 1. The number of nitrogens with zero attached hydrogens (tertiary/aromatic N) is 3. The standard InChI is InChI=1S/C14H23N3O2/c1-10(2)17-11(7-8-15-17)13(18)16-9-5-6-12(16)14(3,4)19/h7-8,10,12,19H,5-6,9H2,1-4H3. The first-order valence-electron chi connectivity index (χ1n) is 6.89. The summed E-state index contributed by atoms with van der Waals surface area (Å²) in [4.78, 5) is 14.4. The predicted molar refractivity (Wildman–Crippen MR) is 73.0 cm³/mol. The molecule has 0 bridgehead atoms. The number of aromatic nitrogens is 2. The van der Waals surface area contributed by atoms with Crippen LogP contribution in [-0.2, 0) is 0 Å². The number of carbonyl (C=O) groups excluding carboxylic acids is 1. The zero-order valence-electron chi connectivity index (χ0n) is 12.1. The largest absolute Gasteiger partial charge is 0.388 e. The lowest BCUT2D eigenvalue weighted by molar-refractivity contribution is -0.000166. The van der Waals surface area contributed by atoms with Gasteiger partial charge in [0.2, 0.25) is 0 Å². The zero-order chi connectivity index (χ0) is 14.2. The van der Waals surface area contributed by atoms with Crippen molar-refractivity contribution in [1.29, 1.82) is 0 Å². The summed E-state index contributed by atoms with van der Waals surface area (Å²) >= 11 is 0. The Balaban J connectivity index is 2.26. The topological polar surface area (TPSA) is 58.4 Å². The molecule has 0 spiro atoms. The van der Waals surface area contributed by atoms with Gasteiger partial charge < -0.3 is 10.0 Å². The third kappa shape index (κ3) is 2.66. The third-order valence-electron chi connectivity index (χ3n) is 3.71. The Labute approximate surface area is 114 Å². The molecule has 1 unspecified atom stereocenters. The molecule has 1 atom stereocenters. The van der Waals surface area contributed by atoms with E-state index in [9.17, 15) is 9.90 Å². The van der Waals surface area contributed by atoms with E-state index < -0.39 is 5.60 Å². The van der Waals surface area contributed by atoms with Crippen molar-refractivity contribution in [2.24, 2.45) is 0 Å². The van der Waals surface area contributed by atoms with Gasteiger partial charge in [-0.25, -0.2) is 0 Å². The Morgan fingerprint density at radius 2 is 2.21 bits per heavy atom. The van der Waals surface area contributed by atoms with Crippen molar-refractivity contribution >= 4 is 5.91 Å². The van der Waals surface area contributed by atoms with E-state index in [1.165, 1.54) is 0 Å². The summed E-state index contributed by atoms with van der Waals surface area (Å²) in [6, 6.07) is 1.79. The molecule has 106 valence electrons. The molecule has 1 N–H and O–H groups in total. The van der Waals surface area contributed by atoms with Gasteiger partial charge in [-0.1, -0.05) is 0 Å². The Kier molecular flexibility index (Phi) is 3.67. The van der Waals surface area contributed by atoms with E-state index in [0.717, 1.165) is 12.8 Å². The smallest absolute Gasteiger partial charge is 0.272 e. The molecule has 2 heterocycles. The SMILES string of the molecule is CC(C)n1nccc1C(=O)N1CCCC1C(C)(C)O. The molecule has 1 aromatic heterocycles. The number of hydrogen-bond acceptors (Lipinski definition) is 3. The Hall–Kier alpha value is -1.36. The van der Waals surface area contributed by atoms with E-state index in [1.807, 2.05) is 13.8 Å². The highest BCUT2D eigenvalue weighted by molar-refractivity contribution is 5.93. The second-order valence-corrected chi connectivity index (χ2v) is 6.07. The average molecular weight is 265 g/mol. The summed E-state index contributed by atoms with van der Waals surface area (Å²) < 4.78 is 1.74. The summed E-state index contributed by atoms with van der Waals surface area (Å²) in [5.74, 6) is -0.0316. The summed E-state index contributed by atoms with van der Waals surface area (Å²) in [7, 11) is 0. The van der Waals surface area contributed by atoms with Crippen molar-refractivity contribution in [1.82, 2.24) is 14.7 Å². The molecule has 0 aromatic carbocycles. The van der Waals surface area contributed by atoms with Crippen LogP contribution in [0.5, 0.6) is 0 Å². The second-order valence-electron chi connectivity index (χ2n) is 6.07. The van der Waals surface area contributed by atoms with E-state index in [2.05, 4.69) is 5.10 Å². The highest BCUT2D eigenvalue weighted by Gasteiger charge is 2.39. The van der Waals surface area contributed by atoms with Crippen LogP contribution in [0.15, 0.2) is 12.3 Å². The quantitative estimate of drug-likeness (QED) is 0.907. The summed E-state index contributed by atoms with van der Waals surface area (Å²) in [5, 5.41) is 14.4. The van der Waals surface area contributed by atoms with Crippen molar-refractivity contribution < 1.29 is 9.90 Å². The van der Waals surface area contributed by atoms with Crippen molar-refractivity contribution in [3.63, 3.8) is 0 Å². The van der Waals surface area contributed by atoms with Crippen LogP contribution in [-0.4, -0.2) is 43.9 Å². The van der Waals surface area contributed by atoms with E-state index in [0.29, 0.717) is 12.2 Å². The maximum Gasteiger partial charge on any atom is 0.272 e. The fourth-order valence-electron chi connectivity index (χ4n) is 2.79. The van der Waals surface area contributed by atoms with E-state index in [4.69, 9.17) is 0 Å². The summed E-state index contributed by atoms with van der Waals surface area (Å²) in [6.07, 6.45) is 3.45. The predicted octanol–water partition coefficient (Wildman–Crippen LogP) is 1.84. The molecule has 0 radical (unpaired) electrons. The molecule has 2 rings (SSSR count). The van der Waals surface area contributed by atoms with Crippen LogP contribution < -0.4 is 0 Å². The first-order chi connectivity index (χ1) is 8.82. The van der Waals surface area contributed by atoms with Crippen LogP contribution in [0.4, 0.5) is 0 Å². The first kappa shape index (κ1) is 14.1. The normalized spacial score (nSPS) is 20.3. The summed E-state index contributed by atoms with van der Waals surface area (Å²) in [5.41, 5.74) is -0.263. The van der Waals surface area contributed by atoms with Gasteiger partial charge >= 0.3 is 0 Å². The van der Waals surface area contributed by atoms with E-state index in [-0.39, 0.29) is 18.0 Å². The lowest BCUT2D eigenvalue weighted by Crippen LogP contribution is -2.48. The van der Waals surface area contributed by atoms with Gasteiger partial charge in [0, 0.05) is 18.8 Å². The van der Waals surface area contributed by atoms with E-state index >= 15 is 0 Å². The lowest BCUT2D eigenvalue weighted by Gasteiger charge is -2.34. The first-order valence-corrected chi connectivity index (χ1v) is 6.89. The Morgan fingerprint density at radius 1 is 1.53 bits per heavy atom. The number of aliphatic hydroxyl groups is 1. The van der Waals surface area contributed by atoms with Crippen LogP contribution in [0.1, 0.15) is 57.1 Å². The van der Waals surface area contributed by atoms with E-state index in [1.54, 1.807) is 35.7 Å². The zero-order valence-corrected chi connectivity index (χ0v) is 12.1. The fraction of sp³-hybridized carbons (Fsp3) is 0.714. The van der Waals surface area contributed by atoms with Gasteiger partial charge in [0.15, 0.2) is 0 Å². The molecule has 5 nitrogen and oxygen atoms in total. The van der Waals surface area contributed by atoms with Crippen LogP contribution >= 0.6 is 0 Å². The van der Waals surface area contributed by atoms with Crippen molar-refractivity contribution in [3.05, 3.63) is 18.0 Å². The van der Waals surface area contributed by atoms with Crippen LogP contribution in [0.25, 0.3) is 0 Å². The fourth-order valence-corrected chi connectivity index (χ4v) is 2.79. The third-order valence-corrected chi connectivity index (χ3v) is 3.71. The van der Waals surface area contributed by atoms with Crippen molar-refractivity contribution in [2.45, 2.75) is 58.2 Å². The van der Waals surface area contributed by atoms with Gasteiger partial charge in [-0.05, 0) is 46.6 Å². The van der Waals surface area contributed by atoms with Crippen LogP contribution in [0, 0.1) is 0 Å². The molecule has 0 aliphatic carbocycles. The minimum atomic E-state index is -0.866. The minimum absolute atomic E-state index is 0.0316. The molecule has 1 fully saturated rings. The molecular weight excluding hydrogens is 242 g/mol. The van der Waals surface area contributed by atoms with Gasteiger partial charge in [0.25, 0.3) is 5.91 Å². The highest BCUT2D eigenvalue weighted by Crippen LogP contribution is 2.28. The number of carbonyl (C=O) groups is 1. The highest BCUT2D eigenvalue weighted by atomic mass is 16.3. The van der Waals surface area contributed by atoms with Crippen molar-refractivity contribution in [3.8, 4) is 0 Å². The second kappa shape index (κ2) is 4.96. The average Bonchev–Trinajstić information content (AvgIpc) is 2.96. The molecule has 1 aliphatic heterocycles. The lowest BCUT2D eigenvalue weighted by atomic mass is 9.96. The molecule has 5 heteroatoms. The molecule has 0 saturated carbocycles. The van der Waals surface area contributed by atoms with Crippen molar-refractivity contribution in [2.75, 3.05) is 6.54 Å². The molecular formula is C14H23N3O2. The molecule has 1 amide bonds. The molecule has 19 heavy (non-hydrogen) atoms. The number of hydrogen-bond donors (Lipinski definition) is 1. The number of rotatable bonds is 3. The van der Waals surface area contributed by atoms with Gasteiger partial charge in [0.1, 0.15) is 5.69 Å². The Morgan fingerprint density at radius 3 is 2.79 bits per heavy atom. The molecule has 1 saturated heterocycles. The molecule has 1 aliphatic rings. The monoisotopic (exact) mass is 265 g/mol. The maximum atomic E-state index is 12.6. The summed E-state index contributed by atoms with van der Waals surface area (Å²) in [6.45, 7) is 8.24. The van der Waals surface area contributed by atoms with Gasteiger partial charge in [0.05, 0.1) is 11.6 Å². The van der Waals surface area contributed by atoms with Gasteiger partial charge in [-0.3, -0.25) is 9.48 Å². The minimum Gasteiger partial charge on any atom is -0.388 e. The van der Waals surface area contributed by atoms with Gasteiger partial charge in [-0.2, -0.15) is 5.10 Å². The number of likely N-dealkylation sites (tertiary alicyclic amines) is 1.